The molecule has 2 aromatic carbocycles. The quantitative estimate of drug-likeness (QED) is 0.100. The molecule has 8 nitrogen and oxygen atoms in total. The fourth-order valence-electron chi connectivity index (χ4n) is 4.44. The number of halogens is 4. The molecule has 1 unspecified atom stereocenters. The number of rotatable bonds is 13. The molecular weight excluding hydrogens is 555 g/mol. The van der Waals surface area contributed by atoms with E-state index in [1.165, 1.54) is 10.6 Å². The van der Waals surface area contributed by atoms with Gasteiger partial charge in [-0.25, -0.2) is 18.0 Å². The van der Waals surface area contributed by atoms with Crippen LogP contribution in [0.2, 0.25) is 5.02 Å². The second-order valence-corrected chi connectivity index (χ2v) is 10.3. The van der Waals surface area contributed by atoms with Crippen molar-refractivity contribution in [3.05, 3.63) is 81.1 Å². The highest BCUT2D eigenvalue weighted by Gasteiger charge is 2.17. The third-order valence-corrected chi connectivity index (χ3v) is 6.90. The molecule has 0 radical (unpaired) electrons. The van der Waals surface area contributed by atoms with E-state index in [1.807, 2.05) is 24.3 Å². The van der Waals surface area contributed by atoms with E-state index in [0.29, 0.717) is 59.7 Å². The molecule has 0 saturated heterocycles. The van der Waals surface area contributed by atoms with Crippen LogP contribution < -0.4 is 22.5 Å². The lowest BCUT2D eigenvalue weighted by Crippen LogP contribution is -2.28. The lowest BCUT2D eigenvalue weighted by molar-refractivity contribution is 0.111. The van der Waals surface area contributed by atoms with Crippen molar-refractivity contribution >= 4 is 28.5 Å². The average molecular weight is 588 g/mol. The molecule has 0 aliphatic rings. The first-order valence-corrected chi connectivity index (χ1v) is 13.7. The molecule has 4 aromatic rings. The largest absolute Gasteiger partial charge is 0.388 e. The summed E-state index contributed by atoms with van der Waals surface area (Å²) in [6.07, 6.45) is 0.874. The van der Waals surface area contributed by atoms with Crippen LogP contribution in [0.3, 0.4) is 0 Å². The maximum Gasteiger partial charge on any atom is 0.354 e. The number of hydrogen-bond donors (Lipinski definition) is 4. The average Bonchev–Trinajstić information content (AvgIpc) is 3.34. The molecule has 0 spiro atoms. The fourth-order valence-corrected chi connectivity index (χ4v) is 4.69. The number of aryl methyl sites for hydroxylation is 1. The van der Waals surface area contributed by atoms with Crippen LogP contribution in [0, 0.1) is 5.82 Å². The first kappa shape index (κ1) is 30.3. The van der Waals surface area contributed by atoms with Crippen LogP contribution in [0.25, 0.3) is 28.0 Å². The molecule has 0 amide bonds. The van der Waals surface area contributed by atoms with Gasteiger partial charge in [0.2, 0.25) is 0 Å². The van der Waals surface area contributed by atoms with Gasteiger partial charge in [-0.1, -0.05) is 23.7 Å². The van der Waals surface area contributed by atoms with E-state index in [1.54, 1.807) is 25.3 Å². The van der Waals surface area contributed by atoms with Crippen LogP contribution in [-0.4, -0.2) is 45.9 Å². The third-order valence-electron chi connectivity index (χ3n) is 6.63. The van der Waals surface area contributed by atoms with Crippen molar-refractivity contribution < 1.29 is 13.2 Å². The second kappa shape index (κ2) is 13.8. The number of aromatic nitrogens is 3. The molecular formula is C29H33ClF3N7O. The zero-order chi connectivity index (χ0) is 29.5. The number of H-pyrrole nitrogens is 1. The summed E-state index contributed by atoms with van der Waals surface area (Å²) in [6.45, 7) is 3.92. The van der Waals surface area contributed by atoms with Gasteiger partial charge in [-0.05, 0) is 80.6 Å². The van der Waals surface area contributed by atoms with Crippen LogP contribution in [0.15, 0.2) is 58.4 Å². The normalized spacial score (nSPS) is 12.9. The number of nitrogens with two attached hydrogens (primary N) is 2. The first-order chi connectivity index (χ1) is 19.6. The molecule has 0 bridgehead atoms. The van der Waals surface area contributed by atoms with Gasteiger partial charge in [-0.15, -0.1) is 0 Å². The minimum Gasteiger partial charge on any atom is -0.388 e. The molecule has 0 aliphatic heterocycles. The van der Waals surface area contributed by atoms with Crippen molar-refractivity contribution in [1.82, 2.24) is 19.9 Å². The number of amidine groups is 1. The Bertz CT molecular complexity index is 1560. The van der Waals surface area contributed by atoms with Crippen molar-refractivity contribution in [1.29, 1.82) is 0 Å². The third kappa shape index (κ3) is 7.96. The molecule has 12 heteroatoms. The number of hydrogen-bond acceptors (Lipinski definition) is 5. The zero-order valence-electron chi connectivity index (χ0n) is 22.6. The maximum atomic E-state index is 15.0. The number of aliphatic imine (C=N–C) groups is 1. The number of benzene rings is 2. The Morgan fingerprint density at radius 1 is 1.17 bits per heavy atom. The van der Waals surface area contributed by atoms with Gasteiger partial charge < -0.3 is 21.8 Å². The Morgan fingerprint density at radius 3 is 2.63 bits per heavy atom. The van der Waals surface area contributed by atoms with Crippen molar-refractivity contribution in [3.63, 3.8) is 0 Å². The molecule has 2 aromatic heterocycles. The molecule has 4 rings (SSSR count). The van der Waals surface area contributed by atoms with Crippen molar-refractivity contribution in [2.45, 2.75) is 51.6 Å². The Hall–Kier alpha value is -3.67. The molecule has 0 saturated carbocycles. The molecule has 218 valence electrons. The highest BCUT2D eigenvalue weighted by Crippen LogP contribution is 2.31. The van der Waals surface area contributed by atoms with Crippen molar-refractivity contribution in [2.24, 2.45) is 16.5 Å². The Labute approximate surface area is 240 Å². The zero-order valence-corrected chi connectivity index (χ0v) is 23.4. The van der Waals surface area contributed by atoms with E-state index in [-0.39, 0.29) is 17.0 Å². The summed E-state index contributed by atoms with van der Waals surface area (Å²) in [7, 11) is 0. The van der Waals surface area contributed by atoms with E-state index >= 15 is 4.39 Å². The lowest BCUT2D eigenvalue weighted by atomic mass is 10.0. The lowest BCUT2D eigenvalue weighted by Gasteiger charge is -2.11. The van der Waals surface area contributed by atoms with Gasteiger partial charge in [0.05, 0.1) is 28.3 Å². The van der Waals surface area contributed by atoms with Crippen LogP contribution >= 0.6 is 11.6 Å². The summed E-state index contributed by atoms with van der Waals surface area (Å²) >= 11 is 6.15. The standard InChI is InChI=1S/C29H33ClF3N7O/c1-17(34)37-11-3-10-36-15-18-6-8-21(9-7-18)40-16-20-14-25(38-28(20)39-29(40)41)22-12-19(13-23(30)26(22)31)4-2-5-24(35)27(32)33/h6-9,12-14,16,24,27,36H,2-5,10-11,15,35H2,1H3,(H2,34,37)(H,38,39,41). The number of fused-ring (bicyclic) bond motifs is 1. The number of alkyl halides is 2. The molecule has 0 fully saturated rings. The van der Waals surface area contributed by atoms with Gasteiger partial charge in [0.25, 0.3) is 6.43 Å². The number of aromatic amines is 1. The Balaban J connectivity index is 1.49. The summed E-state index contributed by atoms with van der Waals surface area (Å²) in [5.41, 5.74) is 13.8. The van der Waals surface area contributed by atoms with Crippen LogP contribution in [-0.2, 0) is 13.0 Å². The first-order valence-electron chi connectivity index (χ1n) is 13.3. The van der Waals surface area contributed by atoms with E-state index < -0.39 is 24.0 Å². The van der Waals surface area contributed by atoms with Crippen LogP contribution in [0.4, 0.5) is 13.2 Å². The summed E-state index contributed by atoms with van der Waals surface area (Å²) in [4.78, 5) is 24.1. The number of nitrogens with zero attached hydrogens (tertiary/aromatic N) is 3. The highest BCUT2D eigenvalue weighted by atomic mass is 35.5. The van der Waals surface area contributed by atoms with E-state index in [4.69, 9.17) is 23.1 Å². The summed E-state index contributed by atoms with van der Waals surface area (Å²) < 4.78 is 41.8. The minimum atomic E-state index is -2.59. The minimum absolute atomic E-state index is 0.0874. The van der Waals surface area contributed by atoms with Gasteiger partial charge in [0, 0.05) is 30.2 Å². The van der Waals surface area contributed by atoms with Crippen molar-refractivity contribution in [2.75, 3.05) is 13.1 Å². The van der Waals surface area contributed by atoms with Gasteiger partial charge >= 0.3 is 5.69 Å². The summed E-state index contributed by atoms with van der Waals surface area (Å²) in [5, 5.41) is 3.86. The summed E-state index contributed by atoms with van der Waals surface area (Å²) in [5.74, 6) is -0.0545. The van der Waals surface area contributed by atoms with E-state index in [9.17, 15) is 13.6 Å². The van der Waals surface area contributed by atoms with E-state index in [0.717, 1.165) is 18.5 Å². The SMILES string of the molecule is CC(N)=NCCCNCc1ccc(-n2cc3cc(-c4cc(CCCC(N)C(F)F)cc(Cl)c4F)[nH]c3nc2=O)cc1. The van der Waals surface area contributed by atoms with Gasteiger partial charge in [0.15, 0.2) is 5.82 Å². The van der Waals surface area contributed by atoms with Gasteiger partial charge in [-0.3, -0.25) is 9.56 Å². The maximum absolute atomic E-state index is 15.0. The molecule has 6 N–H and O–H groups in total. The highest BCUT2D eigenvalue weighted by molar-refractivity contribution is 6.31. The van der Waals surface area contributed by atoms with E-state index in [2.05, 4.69) is 20.3 Å². The predicted molar refractivity (Wildman–Crippen MR) is 157 cm³/mol. The van der Waals surface area contributed by atoms with Crippen LogP contribution in [0.5, 0.6) is 0 Å². The second-order valence-electron chi connectivity index (χ2n) is 9.93. The molecule has 41 heavy (non-hydrogen) atoms. The number of nitrogens with one attached hydrogen (secondary N) is 2. The monoisotopic (exact) mass is 587 g/mol. The van der Waals surface area contributed by atoms with Crippen LogP contribution in [0.1, 0.15) is 37.3 Å². The Morgan fingerprint density at radius 2 is 1.93 bits per heavy atom. The van der Waals surface area contributed by atoms with Gasteiger partial charge in [-0.2, -0.15) is 4.98 Å². The predicted octanol–water partition coefficient (Wildman–Crippen LogP) is 4.95. The fraction of sp³-hybridized carbons (Fsp3) is 0.345. The smallest absolute Gasteiger partial charge is 0.354 e. The van der Waals surface area contributed by atoms with Gasteiger partial charge in [0.1, 0.15) is 5.65 Å². The Kier molecular flexibility index (Phi) is 10.2. The summed E-state index contributed by atoms with van der Waals surface area (Å²) in [6, 6.07) is 11.1. The molecule has 0 aliphatic carbocycles. The molecule has 1 atom stereocenters. The van der Waals surface area contributed by atoms with Crippen molar-refractivity contribution in [3.8, 4) is 16.9 Å². The molecule has 2 heterocycles. The topological polar surface area (TPSA) is 127 Å².